The Kier molecular flexibility index (Phi) is 7.90. The third-order valence-corrected chi connectivity index (χ3v) is 5.42. The van der Waals surface area contributed by atoms with Crippen molar-refractivity contribution in [1.82, 2.24) is 9.88 Å². The lowest BCUT2D eigenvalue weighted by molar-refractivity contribution is 0.102. The Labute approximate surface area is 179 Å². The Hall–Kier alpha value is -2.80. The van der Waals surface area contributed by atoms with E-state index >= 15 is 0 Å². The Bertz CT molecular complexity index is 833. The van der Waals surface area contributed by atoms with Crippen molar-refractivity contribution >= 4 is 17.4 Å². The van der Waals surface area contributed by atoms with Crippen LogP contribution < -0.4 is 19.7 Å². The van der Waals surface area contributed by atoms with E-state index in [4.69, 9.17) is 9.47 Å². The summed E-state index contributed by atoms with van der Waals surface area (Å²) in [6.07, 6.45) is 3.99. The zero-order valence-electron chi connectivity index (χ0n) is 18.2. The molecule has 0 saturated carbocycles. The van der Waals surface area contributed by atoms with Crippen LogP contribution in [0.2, 0.25) is 0 Å². The van der Waals surface area contributed by atoms with Crippen LogP contribution in [0.25, 0.3) is 0 Å². The van der Waals surface area contributed by atoms with Crippen LogP contribution in [0.4, 0.5) is 11.5 Å². The zero-order valence-corrected chi connectivity index (χ0v) is 18.2. The molecule has 0 aliphatic carbocycles. The molecule has 1 aromatic carbocycles. The van der Waals surface area contributed by atoms with Crippen molar-refractivity contribution < 1.29 is 14.3 Å². The quantitative estimate of drug-likeness (QED) is 0.642. The van der Waals surface area contributed by atoms with Crippen molar-refractivity contribution in [2.45, 2.75) is 26.7 Å². The fraction of sp³-hybridized carbons (Fsp3) is 0.478. The van der Waals surface area contributed by atoms with E-state index in [2.05, 4.69) is 33.9 Å². The molecule has 3 rings (SSSR count). The van der Waals surface area contributed by atoms with Crippen LogP contribution in [0, 0.1) is 0 Å². The van der Waals surface area contributed by atoms with Crippen molar-refractivity contribution in [3.05, 3.63) is 42.1 Å². The van der Waals surface area contributed by atoms with Gasteiger partial charge < -0.3 is 24.6 Å². The van der Waals surface area contributed by atoms with Gasteiger partial charge in [-0.2, -0.15) is 0 Å². The number of anilines is 2. The molecular formula is C23H32N4O3. The summed E-state index contributed by atoms with van der Waals surface area (Å²) < 4.78 is 11.4. The highest BCUT2D eigenvalue weighted by Crippen LogP contribution is 2.31. The number of methoxy groups -OCH3 is 1. The van der Waals surface area contributed by atoms with Gasteiger partial charge in [-0.1, -0.05) is 13.8 Å². The molecule has 1 aliphatic rings. The lowest BCUT2D eigenvalue weighted by atomic mass is 10.2. The summed E-state index contributed by atoms with van der Waals surface area (Å²) in [4.78, 5) is 21.9. The molecule has 1 amide bonds. The highest BCUT2D eigenvalue weighted by atomic mass is 16.5. The number of ether oxygens (including phenoxy) is 2. The SMILES string of the molecule is CCN(CC)CCOc1cc(NC(=O)c2cccnc2N2CCCC2)ccc1OC. The van der Waals surface area contributed by atoms with Crippen molar-refractivity contribution in [1.29, 1.82) is 0 Å². The van der Waals surface area contributed by atoms with E-state index in [9.17, 15) is 4.79 Å². The summed E-state index contributed by atoms with van der Waals surface area (Å²) in [7, 11) is 1.61. The van der Waals surface area contributed by atoms with Gasteiger partial charge in [0.25, 0.3) is 5.91 Å². The third kappa shape index (κ3) is 5.42. The van der Waals surface area contributed by atoms with E-state index < -0.39 is 0 Å². The minimum absolute atomic E-state index is 0.177. The Morgan fingerprint density at radius 3 is 2.63 bits per heavy atom. The second-order valence-corrected chi connectivity index (χ2v) is 7.26. The first kappa shape index (κ1) is 21.9. The molecule has 0 bridgehead atoms. The number of rotatable bonds is 10. The van der Waals surface area contributed by atoms with Crippen molar-refractivity contribution in [3.8, 4) is 11.5 Å². The van der Waals surface area contributed by atoms with Crippen LogP contribution in [0.5, 0.6) is 11.5 Å². The zero-order chi connectivity index (χ0) is 21.3. The molecule has 30 heavy (non-hydrogen) atoms. The normalized spacial score (nSPS) is 13.5. The fourth-order valence-corrected chi connectivity index (χ4v) is 3.65. The smallest absolute Gasteiger partial charge is 0.259 e. The van der Waals surface area contributed by atoms with Gasteiger partial charge in [-0.3, -0.25) is 4.79 Å². The van der Waals surface area contributed by atoms with Crippen LogP contribution in [-0.4, -0.2) is 62.2 Å². The number of nitrogens with one attached hydrogen (secondary N) is 1. The number of nitrogens with zero attached hydrogens (tertiary/aromatic N) is 3. The van der Waals surface area contributed by atoms with E-state index in [1.807, 2.05) is 24.3 Å². The Morgan fingerprint density at radius 1 is 1.17 bits per heavy atom. The largest absolute Gasteiger partial charge is 0.493 e. The highest BCUT2D eigenvalue weighted by Gasteiger charge is 2.21. The monoisotopic (exact) mass is 412 g/mol. The second kappa shape index (κ2) is 10.8. The van der Waals surface area contributed by atoms with E-state index in [-0.39, 0.29) is 5.91 Å². The van der Waals surface area contributed by atoms with Crippen LogP contribution in [-0.2, 0) is 0 Å². The van der Waals surface area contributed by atoms with Crippen LogP contribution >= 0.6 is 0 Å². The summed E-state index contributed by atoms with van der Waals surface area (Å²) in [5.74, 6) is 1.83. The van der Waals surface area contributed by atoms with Crippen molar-refractivity contribution in [2.24, 2.45) is 0 Å². The average Bonchev–Trinajstić information content (AvgIpc) is 3.32. The summed E-state index contributed by atoms with van der Waals surface area (Å²) in [6, 6.07) is 9.06. The average molecular weight is 413 g/mol. The summed E-state index contributed by atoms with van der Waals surface area (Å²) in [5, 5.41) is 2.98. The maximum Gasteiger partial charge on any atom is 0.259 e. The number of carbonyl (C=O) groups is 1. The molecule has 1 fully saturated rings. The van der Waals surface area contributed by atoms with Crippen LogP contribution in [0.1, 0.15) is 37.0 Å². The highest BCUT2D eigenvalue weighted by molar-refractivity contribution is 6.07. The molecule has 2 heterocycles. The second-order valence-electron chi connectivity index (χ2n) is 7.26. The maximum absolute atomic E-state index is 13.0. The molecule has 1 N–H and O–H groups in total. The number of amides is 1. The summed E-state index contributed by atoms with van der Waals surface area (Å²) in [6.45, 7) is 9.49. The number of benzene rings is 1. The number of pyridine rings is 1. The van der Waals surface area contributed by atoms with E-state index in [0.717, 1.165) is 51.4 Å². The predicted octanol–water partition coefficient (Wildman–Crippen LogP) is 3.66. The van der Waals surface area contributed by atoms with Crippen LogP contribution in [0.15, 0.2) is 36.5 Å². The first-order valence-corrected chi connectivity index (χ1v) is 10.7. The molecule has 0 radical (unpaired) electrons. The number of hydrogen-bond acceptors (Lipinski definition) is 6. The van der Waals surface area contributed by atoms with E-state index in [1.165, 1.54) is 0 Å². The van der Waals surface area contributed by atoms with E-state index in [0.29, 0.717) is 29.4 Å². The molecule has 7 heteroatoms. The first-order chi connectivity index (χ1) is 14.7. The number of aromatic nitrogens is 1. The van der Waals surface area contributed by atoms with Crippen molar-refractivity contribution in [2.75, 3.05) is 56.7 Å². The van der Waals surface area contributed by atoms with Gasteiger partial charge in [0.1, 0.15) is 12.4 Å². The van der Waals surface area contributed by atoms with Crippen LogP contribution in [0.3, 0.4) is 0 Å². The number of hydrogen-bond donors (Lipinski definition) is 1. The lowest BCUT2D eigenvalue weighted by Gasteiger charge is -2.20. The minimum atomic E-state index is -0.177. The minimum Gasteiger partial charge on any atom is -0.493 e. The molecule has 1 aromatic heterocycles. The van der Waals surface area contributed by atoms with Crippen molar-refractivity contribution in [3.63, 3.8) is 0 Å². The number of carbonyl (C=O) groups excluding carboxylic acids is 1. The third-order valence-electron chi connectivity index (χ3n) is 5.42. The van der Waals surface area contributed by atoms with Gasteiger partial charge in [-0.05, 0) is 50.2 Å². The molecule has 1 saturated heterocycles. The first-order valence-electron chi connectivity index (χ1n) is 10.7. The van der Waals surface area contributed by atoms with Gasteiger partial charge in [0, 0.05) is 37.6 Å². The predicted molar refractivity (Wildman–Crippen MR) is 120 cm³/mol. The summed E-state index contributed by atoms with van der Waals surface area (Å²) >= 11 is 0. The van der Waals surface area contributed by atoms with Gasteiger partial charge >= 0.3 is 0 Å². The number of likely N-dealkylation sites (N-methyl/N-ethyl adjacent to an activating group) is 1. The molecule has 7 nitrogen and oxygen atoms in total. The fourth-order valence-electron chi connectivity index (χ4n) is 3.65. The standard InChI is InChI=1S/C23H32N4O3/c1-4-26(5-2)15-16-30-21-17-18(10-11-20(21)29-3)25-23(28)19-9-8-12-24-22(19)27-13-6-7-14-27/h8-12,17H,4-7,13-16H2,1-3H3,(H,25,28). The van der Waals surface area contributed by atoms with Gasteiger partial charge in [0.15, 0.2) is 11.5 Å². The molecule has 2 aromatic rings. The van der Waals surface area contributed by atoms with Gasteiger partial charge in [-0.15, -0.1) is 0 Å². The van der Waals surface area contributed by atoms with Gasteiger partial charge in [0.2, 0.25) is 0 Å². The van der Waals surface area contributed by atoms with Gasteiger partial charge in [-0.25, -0.2) is 4.98 Å². The Balaban J connectivity index is 1.71. The molecule has 0 unspecified atom stereocenters. The molecule has 1 aliphatic heterocycles. The lowest BCUT2D eigenvalue weighted by Crippen LogP contribution is -2.28. The maximum atomic E-state index is 13.0. The molecular weight excluding hydrogens is 380 g/mol. The molecule has 162 valence electrons. The van der Waals surface area contributed by atoms with E-state index in [1.54, 1.807) is 19.4 Å². The summed E-state index contributed by atoms with van der Waals surface area (Å²) in [5.41, 5.74) is 1.24. The van der Waals surface area contributed by atoms with Gasteiger partial charge in [0.05, 0.1) is 12.7 Å². The molecule has 0 spiro atoms. The topological polar surface area (TPSA) is 66.9 Å². The molecule has 0 atom stereocenters. The Morgan fingerprint density at radius 2 is 1.93 bits per heavy atom.